The zero-order valence-electron chi connectivity index (χ0n) is 11.0. The van der Waals surface area contributed by atoms with Gasteiger partial charge in [0.2, 0.25) is 5.95 Å². The highest BCUT2D eigenvalue weighted by molar-refractivity contribution is 7.99. The van der Waals surface area contributed by atoms with Crippen LogP contribution < -0.4 is 5.73 Å². The van der Waals surface area contributed by atoms with E-state index in [1.165, 1.54) is 25.7 Å². The second-order valence-electron chi connectivity index (χ2n) is 5.15. The average Bonchev–Trinajstić information content (AvgIpc) is 2.73. The molecule has 1 aliphatic rings. The van der Waals surface area contributed by atoms with Gasteiger partial charge in [0.05, 0.1) is 11.0 Å². The number of hydrogen-bond donors (Lipinski definition) is 1. The van der Waals surface area contributed by atoms with E-state index < -0.39 is 0 Å². The monoisotopic (exact) mass is 295 g/mol. The Kier molecular flexibility index (Phi) is 3.63. The third kappa shape index (κ3) is 2.43. The molecule has 2 N–H and O–H groups in total. The molecular weight excluding hydrogens is 278 g/mol. The summed E-state index contributed by atoms with van der Waals surface area (Å²) in [6.45, 7) is 0. The molecule has 2 atom stereocenters. The number of benzene rings is 1. The molecule has 102 valence electrons. The summed E-state index contributed by atoms with van der Waals surface area (Å²) in [6.07, 6.45) is 7.15. The van der Waals surface area contributed by atoms with Crippen molar-refractivity contribution in [1.82, 2.24) is 9.55 Å². The predicted octanol–water partition coefficient (Wildman–Crippen LogP) is 4.12. The Balaban J connectivity index is 2.02. The summed E-state index contributed by atoms with van der Waals surface area (Å²) in [4.78, 5) is 4.45. The van der Waals surface area contributed by atoms with Gasteiger partial charge in [-0.2, -0.15) is 11.8 Å². The van der Waals surface area contributed by atoms with Crippen LogP contribution in [-0.2, 0) is 0 Å². The standard InChI is InChI=1S/C14H18ClN3S/c1-19-11-4-2-3-10(8-11)18-13-6-5-9(15)7-12(13)17-14(18)16/h5-7,10-11H,2-4,8H2,1H3,(H2,16,17). The van der Waals surface area contributed by atoms with Gasteiger partial charge in [0.25, 0.3) is 0 Å². The summed E-state index contributed by atoms with van der Waals surface area (Å²) < 4.78 is 2.20. The minimum Gasteiger partial charge on any atom is -0.369 e. The first-order valence-electron chi connectivity index (χ1n) is 6.65. The molecule has 1 heterocycles. The molecule has 2 aromatic rings. The quantitative estimate of drug-likeness (QED) is 0.906. The van der Waals surface area contributed by atoms with Crippen LogP contribution in [0.3, 0.4) is 0 Å². The molecule has 0 saturated heterocycles. The lowest BCUT2D eigenvalue weighted by atomic mass is 9.94. The molecule has 1 saturated carbocycles. The minimum atomic E-state index is 0.470. The molecule has 0 spiro atoms. The molecule has 3 rings (SSSR count). The number of anilines is 1. The molecule has 0 radical (unpaired) electrons. The van der Waals surface area contributed by atoms with Crippen molar-refractivity contribution in [3.05, 3.63) is 23.2 Å². The molecule has 19 heavy (non-hydrogen) atoms. The maximum atomic E-state index is 6.12. The van der Waals surface area contributed by atoms with Crippen LogP contribution in [0.15, 0.2) is 18.2 Å². The van der Waals surface area contributed by atoms with E-state index >= 15 is 0 Å². The van der Waals surface area contributed by atoms with Gasteiger partial charge >= 0.3 is 0 Å². The normalized spacial score (nSPS) is 23.9. The van der Waals surface area contributed by atoms with Crippen LogP contribution in [0.4, 0.5) is 5.95 Å². The number of imidazole rings is 1. The van der Waals surface area contributed by atoms with Crippen LogP contribution in [0.1, 0.15) is 31.7 Å². The van der Waals surface area contributed by atoms with Crippen molar-refractivity contribution in [2.45, 2.75) is 37.0 Å². The van der Waals surface area contributed by atoms with E-state index in [0.29, 0.717) is 17.0 Å². The molecule has 1 fully saturated rings. The summed E-state index contributed by atoms with van der Waals surface area (Å²) >= 11 is 7.98. The van der Waals surface area contributed by atoms with Crippen molar-refractivity contribution in [3.63, 3.8) is 0 Å². The number of hydrogen-bond acceptors (Lipinski definition) is 3. The van der Waals surface area contributed by atoms with Crippen molar-refractivity contribution in [2.75, 3.05) is 12.0 Å². The van der Waals surface area contributed by atoms with E-state index in [1.807, 2.05) is 30.0 Å². The van der Waals surface area contributed by atoms with Crippen LogP contribution in [0.25, 0.3) is 11.0 Å². The topological polar surface area (TPSA) is 43.8 Å². The van der Waals surface area contributed by atoms with Gasteiger partial charge in [-0.3, -0.25) is 0 Å². The van der Waals surface area contributed by atoms with Crippen LogP contribution in [0, 0.1) is 0 Å². The predicted molar refractivity (Wildman–Crippen MR) is 84.0 cm³/mol. The highest BCUT2D eigenvalue weighted by atomic mass is 35.5. The Hall–Kier alpha value is -0.870. The summed E-state index contributed by atoms with van der Waals surface area (Å²) in [5, 5.41) is 1.45. The van der Waals surface area contributed by atoms with Crippen LogP contribution in [0.5, 0.6) is 0 Å². The summed E-state index contributed by atoms with van der Waals surface area (Å²) in [6, 6.07) is 6.30. The Morgan fingerprint density at radius 1 is 1.42 bits per heavy atom. The van der Waals surface area contributed by atoms with E-state index in [1.54, 1.807) is 0 Å². The first kappa shape index (κ1) is 13.1. The second kappa shape index (κ2) is 5.25. The van der Waals surface area contributed by atoms with Gasteiger partial charge in [-0.15, -0.1) is 0 Å². The lowest BCUT2D eigenvalue weighted by molar-refractivity contribution is 0.371. The van der Waals surface area contributed by atoms with Crippen molar-refractivity contribution < 1.29 is 0 Å². The average molecular weight is 296 g/mol. The Bertz CT molecular complexity index is 596. The van der Waals surface area contributed by atoms with Gasteiger partial charge in [-0.1, -0.05) is 18.0 Å². The van der Waals surface area contributed by atoms with Crippen LogP contribution in [-0.4, -0.2) is 21.1 Å². The molecule has 0 bridgehead atoms. The zero-order valence-corrected chi connectivity index (χ0v) is 12.5. The lowest BCUT2D eigenvalue weighted by Gasteiger charge is -2.29. The van der Waals surface area contributed by atoms with Gasteiger partial charge in [0.1, 0.15) is 0 Å². The third-order valence-electron chi connectivity index (χ3n) is 3.98. The molecule has 3 nitrogen and oxygen atoms in total. The molecular formula is C14H18ClN3S. The van der Waals surface area contributed by atoms with Gasteiger partial charge in [-0.05, 0) is 43.7 Å². The van der Waals surface area contributed by atoms with Crippen molar-refractivity contribution >= 4 is 40.3 Å². The Morgan fingerprint density at radius 3 is 3.05 bits per heavy atom. The number of nitrogen functional groups attached to an aromatic ring is 1. The molecule has 1 aromatic heterocycles. The lowest BCUT2D eigenvalue weighted by Crippen LogP contribution is -2.21. The van der Waals surface area contributed by atoms with Gasteiger partial charge < -0.3 is 10.3 Å². The molecule has 5 heteroatoms. The SMILES string of the molecule is CSC1CCCC(n2c(N)nc3cc(Cl)ccc32)C1. The minimum absolute atomic E-state index is 0.470. The van der Waals surface area contributed by atoms with E-state index in [-0.39, 0.29) is 0 Å². The highest BCUT2D eigenvalue weighted by Gasteiger charge is 2.25. The fourth-order valence-electron chi connectivity index (χ4n) is 3.04. The maximum Gasteiger partial charge on any atom is 0.201 e. The van der Waals surface area contributed by atoms with E-state index in [2.05, 4.69) is 15.8 Å². The van der Waals surface area contributed by atoms with Crippen LogP contribution in [0.2, 0.25) is 5.02 Å². The zero-order chi connectivity index (χ0) is 13.4. The van der Waals surface area contributed by atoms with Gasteiger partial charge in [-0.25, -0.2) is 4.98 Å². The molecule has 0 amide bonds. The summed E-state index contributed by atoms with van der Waals surface area (Å²) in [7, 11) is 0. The second-order valence-corrected chi connectivity index (χ2v) is 6.73. The molecule has 1 aromatic carbocycles. The van der Waals surface area contributed by atoms with Crippen molar-refractivity contribution in [2.24, 2.45) is 0 Å². The third-order valence-corrected chi connectivity index (χ3v) is 5.31. The molecule has 1 aliphatic carbocycles. The largest absolute Gasteiger partial charge is 0.369 e. The van der Waals surface area contributed by atoms with Crippen LogP contribution >= 0.6 is 23.4 Å². The fraction of sp³-hybridized carbons (Fsp3) is 0.500. The number of thioether (sulfide) groups is 1. The van der Waals surface area contributed by atoms with Gasteiger partial charge in [0, 0.05) is 16.3 Å². The summed E-state index contributed by atoms with van der Waals surface area (Å²) in [5.41, 5.74) is 8.13. The Morgan fingerprint density at radius 2 is 2.26 bits per heavy atom. The van der Waals surface area contributed by atoms with E-state index in [9.17, 15) is 0 Å². The fourth-order valence-corrected chi connectivity index (χ4v) is 4.03. The highest BCUT2D eigenvalue weighted by Crippen LogP contribution is 2.37. The van der Waals surface area contributed by atoms with Crippen molar-refractivity contribution in [3.8, 4) is 0 Å². The maximum absolute atomic E-state index is 6.12. The number of nitrogens with zero attached hydrogens (tertiary/aromatic N) is 2. The van der Waals surface area contributed by atoms with Gasteiger partial charge in [0.15, 0.2) is 0 Å². The molecule has 2 unspecified atom stereocenters. The van der Waals surface area contributed by atoms with E-state index in [0.717, 1.165) is 16.3 Å². The number of rotatable bonds is 2. The smallest absolute Gasteiger partial charge is 0.201 e. The number of fused-ring (bicyclic) bond motifs is 1. The number of nitrogens with two attached hydrogens (primary N) is 1. The summed E-state index contributed by atoms with van der Waals surface area (Å²) in [5.74, 6) is 0.615. The first-order chi connectivity index (χ1) is 9.19. The van der Waals surface area contributed by atoms with E-state index in [4.69, 9.17) is 17.3 Å². The first-order valence-corrected chi connectivity index (χ1v) is 8.31. The number of halogens is 1. The van der Waals surface area contributed by atoms with Crippen molar-refractivity contribution in [1.29, 1.82) is 0 Å². The molecule has 0 aliphatic heterocycles. The Labute approximate surface area is 122 Å². The number of aromatic nitrogens is 2.